The van der Waals surface area contributed by atoms with Gasteiger partial charge in [0.05, 0.1) is 17.6 Å². The van der Waals surface area contributed by atoms with Crippen molar-refractivity contribution in [1.82, 2.24) is 70.7 Å². The van der Waals surface area contributed by atoms with Crippen LogP contribution in [0.1, 0.15) is 129 Å². The van der Waals surface area contributed by atoms with Gasteiger partial charge in [0.2, 0.25) is 0 Å². The van der Waals surface area contributed by atoms with Crippen LogP contribution in [0, 0.1) is 13.8 Å². The van der Waals surface area contributed by atoms with Gasteiger partial charge in [0.1, 0.15) is 39.8 Å². The van der Waals surface area contributed by atoms with Crippen LogP contribution in [-0.2, 0) is 22.6 Å². The lowest BCUT2D eigenvalue weighted by Crippen LogP contribution is -2.36. The van der Waals surface area contributed by atoms with E-state index in [1.54, 1.807) is 11.1 Å². The summed E-state index contributed by atoms with van der Waals surface area (Å²) in [6.45, 7) is 18.0. The Morgan fingerprint density at radius 3 is 1.81 bits per heavy atom. The average molecular weight is 1230 g/mol. The maximum Gasteiger partial charge on any atom is 0.410 e. The fourth-order valence-corrected chi connectivity index (χ4v) is 11.1. The number of amides is 3. The smallest absolute Gasteiger partial charge is 0.410 e. The summed E-state index contributed by atoms with van der Waals surface area (Å²) in [7, 11) is 0. The van der Waals surface area contributed by atoms with Crippen molar-refractivity contribution in [3.05, 3.63) is 155 Å². The predicted octanol–water partition coefficient (Wildman–Crippen LogP) is 12.0. The van der Waals surface area contributed by atoms with Crippen LogP contribution in [0.3, 0.4) is 0 Å². The number of aliphatic hydroxyl groups excluding tert-OH is 2. The number of nitrogens with zero attached hydrogens (tertiary/aromatic N) is 8. The Labute approximate surface area is 529 Å². The number of pyridine rings is 2. The molecule has 0 saturated carbocycles. The van der Waals surface area contributed by atoms with Gasteiger partial charge in [-0.3, -0.25) is 24.7 Å². The second-order valence-electron chi connectivity index (χ2n) is 23.6. The van der Waals surface area contributed by atoms with Crippen LogP contribution in [0.4, 0.5) is 4.79 Å². The highest BCUT2D eigenvalue weighted by atomic mass is 16.6. The van der Waals surface area contributed by atoms with Crippen molar-refractivity contribution in [2.75, 3.05) is 46.0 Å². The minimum Gasteiger partial charge on any atom is -0.444 e. The largest absolute Gasteiger partial charge is 0.444 e. The zero-order valence-corrected chi connectivity index (χ0v) is 53.0. The maximum atomic E-state index is 13.5. The molecule has 0 spiro atoms. The Kier molecular flexibility index (Phi) is 21.2. The molecule has 474 valence electrons. The molecule has 91 heavy (non-hydrogen) atoms. The molecular weight excluding hydrogens is 1150 g/mol. The molecule has 8 N–H and O–H groups in total. The Bertz CT molecular complexity index is 4100. The van der Waals surface area contributed by atoms with E-state index in [-0.39, 0.29) is 37.3 Å². The van der Waals surface area contributed by atoms with Gasteiger partial charge in [-0.1, -0.05) is 79.7 Å². The molecular formula is C70H82N14O7. The number of imidazole rings is 2. The van der Waals surface area contributed by atoms with E-state index in [9.17, 15) is 19.5 Å². The van der Waals surface area contributed by atoms with Crippen molar-refractivity contribution in [2.45, 2.75) is 118 Å². The fraction of sp³-hybridized carbons (Fsp3) is 0.357. The number of benzene rings is 4. The molecule has 1 aliphatic heterocycles. The van der Waals surface area contributed by atoms with E-state index >= 15 is 0 Å². The third-order valence-electron chi connectivity index (χ3n) is 16.1. The van der Waals surface area contributed by atoms with Crippen LogP contribution < -0.4 is 16.0 Å². The molecule has 1 unspecified atom stereocenters. The molecule has 10 aromatic rings. The summed E-state index contributed by atoms with van der Waals surface area (Å²) in [5, 5.41) is 42.1. The van der Waals surface area contributed by atoms with Crippen LogP contribution in [-0.4, -0.2) is 135 Å². The van der Waals surface area contributed by atoms with Gasteiger partial charge >= 0.3 is 6.09 Å². The van der Waals surface area contributed by atoms with E-state index in [0.29, 0.717) is 104 Å². The van der Waals surface area contributed by atoms with Crippen LogP contribution in [0.5, 0.6) is 0 Å². The SMILES string of the molecule is CCN(Cc1cncc(-c2ccc3c(c2)c(-c2nc(-c4ccccc4)c(C(=O)NCCCCO)[nH]2)nn3C2CCCCO2)c1C)C(=O)OC(C)(C)C.CCNCc1cncc(-c2ccc3[nH]nc(-c4nc(-c5ccccc5)c(C(=O)NCCCCO)[nH]4)c3c2)c1C. The van der Waals surface area contributed by atoms with Crippen molar-refractivity contribution in [2.24, 2.45) is 0 Å². The van der Waals surface area contributed by atoms with E-state index < -0.39 is 5.60 Å². The number of aliphatic hydroxyl groups is 2. The lowest BCUT2D eigenvalue weighted by atomic mass is 9.97. The minimum atomic E-state index is -0.597. The van der Waals surface area contributed by atoms with Crippen LogP contribution in [0.15, 0.2) is 122 Å². The highest BCUT2D eigenvalue weighted by molar-refractivity contribution is 6.02. The van der Waals surface area contributed by atoms with E-state index in [0.717, 1.165) is 104 Å². The van der Waals surface area contributed by atoms with Crippen LogP contribution in [0.25, 0.3) is 89.6 Å². The van der Waals surface area contributed by atoms with Crippen molar-refractivity contribution in [3.8, 4) is 67.8 Å². The second kappa shape index (κ2) is 29.9. The number of aromatic nitrogens is 10. The van der Waals surface area contributed by atoms with Crippen molar-refractivity contribution < 1.29 is 34.1 Å². The lowest BCUT2D eigenvalue weighted by molar-refractivity contribution is -0.0365. The van der Waals surface area contributed by atoms with Crippen molar-refractivity contribution in [1.29, 1.82) is 0 Å². The highest BCUT2D eigenvalue weighted by Crippen LogP contribution is 2.38. The topological polar surface area (TPSA) is 279 Å². The highest BCUT2D eigenvalue weighted by Gasteiger charge is 2.28. The summed E-state index contributed by atoms with van der Waals surface area (Å²) in [6, 6.07) is 31.6. The summed E-state index contributed by atoms with van der Waals surface area (Å²) in [5.41, 5.74) is 14.1. The predicted molar refractivity (Wildman–Crippen MR) is 354 cm³/mol. The first-order chi connectivity index (χ1) is 44.2. The normalized spacial score (nSPS) is 13.3. The number of hydrogen-bond acceptors (Lipinski definition) is 14. The Morgan fingerprint density at radius 2 is 1.25 bits per heavy atom. The molecule has 3 amide bonds. The van der Waals surface area contributed by atoms with Gasteiger partial charge < -0.3 is 50.5 Å². The summed E-state index contributed by atoms with van der Waals surface area (Å²) >= 11 is 0. The number of nitrogens with one attached hydrogen (secondary N) is 6. The van der Waals surface area contributed by atoms with Crippen molar-refractivity contribution >= 4 is 39.7 Å². The van der Waals surface area contributed by atoms with E-state index in [4.69, 9.17) is 29.6 Å². The molecule has 0 aliphatic carbocycles. The molecule has 7 heterocycles. The maximum absolute atomic E-state index is 13.5. The number of hydrogen-bond donors (Lipinski definition) is 8. The molecule has 1 aliphatic rings. The standard InChI is InChI=1S/C40H49N7O5.C30H33N7O2/c1-6-46(39(50)52-40(3,4)5)25-29-23-41-24-31(26(29)2)28-17-18-32-30(22-28)35(45-47(32)33-16-10-13-21-51-33)37-43-34(27-14-8-7-9-15-27)36(44-37)38(49)42-19-11-12-20-48;1-3-31-16-22-17-32-18-24(19(22)2)21-11-12-25-23(15-21)27(37-36-25)29-34-26(20-9-5-4-6-10-20)28(35-29)30(39)33-13-7-8-14-38/h7-9,14-15,17-18,22-24,33,48H,6,10-13,16,19-21,25H2,1-5H3,(H,42,49)(H,43,44);4-6,9-12,15,17-18,31,38H,3,7-8,13-14,16H2,1-2H3,(H,33,39)(H,34,35)(H,36,37). The zero-order valence-electron chi connectivity index (χ0n) is 53.0. The van der Waals surface area contributed by atoms with Crippen LogP contribution in [0.2, 0.25) is 0 Å². The molecule has 21 heteroatoms. The molecule has 1 saturated heterocycles. The number of fused-ring (bicyclic) bond motifs is 2. The first kappa shape index (κ1) is 64.6. The molecule has 11 rings (SSSR count). The Balaban J connectivity index is 0.000000208. The number of carbonyl (C=O) groups is 3. The summed E-state index contributed by atoms with van der Waals surface area (Å²) in [4.78, 5) is 66.8. The molecule has 0 bridgehead atoms. The number of unbranched alkanes of at least 4 members (excludes halogenated alkanes) is 2. The molecule has 1 fully saturated rings. The van der Waals surface area contributed by atoms with E-state index in [2.05, 4.69) is 90.3 Å². The Hall–Kier alpha value is -9.41. The third kappa shape index (κ3) is 15.3. The molecule has 1 atom stereocenters. The number of H-pyrrole nitrogens is 3. The first-order valence-electron chi connectivity index (χ1n) is 31.5. The quantitative estimate of drug-likeness (QED) is 0.0277. The number of carbonyl (C=O) groups excluding carboxylic acids is 3. The van der Waals surface area contributed by atoms with Gasteiger partial charge in [-0.25, -0.2) is 19.4 Å². The van der Waals surface area contributed by atoms with Gasteiger partial charge in [0.15, 0.2) is 17.9 Å². The van der Waals surface area contributed by atoms with Gasteiger partial charge in [-0.2, -0.15) is 10.2 Å². The molecule has 21 nitrogen and oxygen atoms in total. The van der Waals surface area contributed by atoms with E-state index in [1.165, 1.54) is 5.56 Å². The number of ether oxygens (including phenoxy) is 2. The minimum absolute atomic E-state index is 0.0743. The zero-order chi connectivity index (χ0) is 64.0. The van der Waals surface area contributed by atoms with E-state index in [1.807, 2.05) is 125 Å². The van der Waals surface area contributed by atoms with Gasteiger partial charge in [-0.05, 0) is 151 Å². The van der Waals surface area contributed by atoms with Gasteiger partial charge in [0, 0.05) is 104 Å². The Morgan fingerprint density at radius 1 is 0.681 bits per heavy atom. The summed E-state index contributed by atoms with van der Waals surface area (Å²) < 4.78 is 13.8. The van der Waals surface area contributed by atoms with Crippen molar-refractivity contribution in [3.63, 3.8) is 0 Å². The van der Waals surface area contributed by atoms with Gasteiger partial charge in [0.25, 0.3) is 11.8 Å². The fourth-order valence-electron chi connectivity index (χ4n) is 11.1. The third-order valence-corrected chi connectivity index (χ3v) is 16.1. The summed E-state index contributed by atoms with van der Waals surface area (Å²) in [5.74, 6) is 0.455. The number of rotatable bonds is 23. The molecule has 6 aromatic heterocycles. The average Bonchev–Trinajstić information content (AvgIpc) is 1.63. The lowest BCUT2D eigenvalue weighted by Gasteiger charge is -2.27. The number of aromatic amines is 3. The van der Waals surface area contributed by atoms with Gasteiger partial charge in [-0.15, -0.1) is 0 Å². The monoisotopic (exact) mass is 1230 g/mol. The molecule has 0 radical (unpaired) electrons. The second-order valence-corrected chi connectivity index (χ2v) is 23.6. The first-order valence-corrected chi connectivity index (χ1v) is 31.5. The molecule has 4 aromatic carbocycles. The summed E-state index contributed by atoms with van der Waals surface area (Å²) in [6.07, 6.45) is 12.3. The van der Waals surface area contributed by atoms with Crippen LogP contribution >= 0.6 is 0 Å².